The Bertz CT molecular complexity index is 289. The molecule has 1 radical (unpaired) electrons. The lowest BCUT2D eigenvalue weighted by atomic mass is 10.0. The van der Waals surface area contributed by atoms with Gasteiger partial charge in [0, 0.05) is 5.56 Å². The molecule has 0 bridgehead atoms. The monoisotopic (exact) mass is 175 g/mol. The Hall–Kier alpha value is -1.24. The van der Waals surface area contributed by atoms with Crippen molar-refractivity contribution in [1.82, 2.24) is 0 Å². The number of hydrogen-bond acceptors (Lipinski definition) is 1. The van der Waals surface area contributed by atoms with Gasteiger partial charge in [0.15, 0.2) is 0 Å². The van der Waals surface area contributed by atoms with Gasteiger partial charge in [0.1, 0.15) is 5.75 Å². The van der Waals surface area contributed by atoms with Gasteiger partial charge in [-0.25, -0.2) is 0 Å². The highest BCUT2D eigenvalue weighted by Gasteiger charge is 2.04. The summed E-state index contributed by atoms with van der Waals surface area (Å²) < 4.78 is 5.50. The van der Waals surface area contributed by atoms with Gasteiger partial charge in [-0.05, 0) is 31.1 Å². The van der Waals surface area contributed by atoms with Crippen molar-refractivity contribution in [3.63, 3.8) is 0 Å². The molecule has 1 aromatic carbocycles. The molecule has 0 spiro atoms. The lowest BCUT2D eigenvalue weighted by molar-refractivity contribution is 0.336. The van der Waals surface area contributed by atoms with Crippen LogP contribution in [-0.2, 0) is 6.42 Å². The van der Waals surface area contributed by atoms with E-state index in [-0.39, 0.29) is 0 Å². The van der Waals surface area contributed by atoms with E-state index < -0.39 is 0 Å². The zero-order valence-corrected chi connectivity index (χ0v) is 8.26. The molecule has 1 heteroatoms. The second-order valence-corrected chi connectivity index (χ2v) is 2.75. The van der Waals surface area contributed by atoms with Crippen LogP contribution in [-0.4, -0.2) is 6.61 Å². The van der Waals surface area contributed by atoms with Crippen LogP contribution in [0.1, 0.15) is 25.0 Å². The first-order valence-electron chi connectivity index (χ1n) is 4.61. The van der Waals surface area contributed by atoms with Crippen molar-refractivity contribution in [1.29, 1.82) is 0 Å². The van der Waals surface area contributed by atoms with Crippen LogP contribution in [0.3, 0.4) is 0 Å². The fourth-order valence-electron chi connectivity index (χ4n) is 1.39. The zero-order chi connectivity index (χ0) is 9.68. The summed E-state index contributed by atoms with van der Waals surface area (Å²) in [6.45, 7) is 8.46. The molecule has 0 atom stereocenters. The summed E-state index contributed by atoms with van der Waals surface area (Å²) in [5.41, 5.74) is 2.24. The number of hydrogen-bond donors (Lipinski definition) is 0. The van der Waals surface area contributed by atoms with Gasteiger partial charge in [-0.15, -0.1) is 0 Å². The summed E-state index contributed by atoms with van der Waals surface area (Å²) in [6, 6.07) is 5.97. The van der Waals surface area contributed by atoms with E-state index in [0.29, 0.717) is 6.61 Å². The lowest BCUT2D eigenvalue weighted by Crippen LogP contribution is -1.97. The third-order valence-corrected chi connectivity index (χ3v) is 1.98. The second kappa shape index (κ2) is 4.70. The minimum absolute atomic E-state index is 0.702. The average Bonchev–Trinajstić information content (AvgIpc) is 2.18. The van der Waals surface area contributed by atoms with Crippen LogP contribution >= 0.6 is 0 Å². The van der Waals surface area contributed by atoms with Gasteiger partial charge >= 0.3 is 0 Å². The zero-order valence-electron chi connectivity index (χ0n) is 8.26. The molecule has 1 nitrogen and oxygen atoms in total. The molecule has 0 heterocycles. The van der Waals surface area contributed by atoms with Crippen molar-refractivity contribution in [2.75, 3.05) is 6.61 Å². The highest BCUT2D eigenvalue weighted by molar-refractivity contribution is 5.42. The standard InChI is InChI=1S/C12H15O/c1-4-10-8-7-9-12(13-6-3)11(10)5-2/h7-9H,1,5-6H2,2-3H3. The number of ether oxygens (including phenoxy) is 1. The molecule has 13 heavy (non-hydrogen) atoms. The Morgan fingerprint density at radius 3 is 2.69 bits per heavy atom. The summed E-state index contributed by atoms with van der Waals surface area (Å²) in [4.78, 5) is 0. The fraction of sp³-hybridized carbons (Fsp3) is 0.333. The van der Waals surface area contributed by atoms with Crippen LogP contribution < -0.4 is 4.74 Å². The average molecular weight is 175 g/mol. The fourth-order valence-corrected chi connectivity index (χ4v) is 1.39. The first-order chi connectivity index (χ1) is 6.33. The van der Waals surface area contributed by atoms with Crippen molar-refractivity contribution >= 4 is 0 Å². The summed E-state index contributed by atoms with van der Waals surface area (Å²) in [7, 11) is 0. The van der Waals surface area contributed by atoms with Crippen molar-refractivity contribution < 1.29 is 4.74 Å². The highest BCUT2D eigenvalue weighted by atomic mass is 16.5. The van der Waals surface area contributed by atoms with Crippen molar-refractivity contribution in [3.8, 4) is 5.75 Å². The molecule has 0 aromatic heterocycles. The molecule has 0 aliphatic carbocycles. The maximum Gasteiger partial charge on any atom is 0.123 e. The van der Waals surface area contributed by atoms with E-state index in [1.165, 1.54) is 5.56 Å². The highest BCUT2D eigenvalue weighted by Crippen LogP contribution is 2.22. The van der Waals surface area contributed by atoms with E-state index in [2.05, 4.69) is 19.6 Å². The Kier molecular flexibility index (Phi) is 3.56. The summed E-state index contributed by atoms with van der Waals surface area (Å²) in [5.74, 6) is 0.957. The van der Waals surface area contributed by atoms with Gasteiger partial charge in [0.25, 0.3) is 0 Å². The van der Waals surface area contributed by atoms with E-state index >= 15 is 0 Å². The lowest BCUT2D eigenvalue weighted by Gasteiger charge is -2.10. The predicted octanol–water partition coefficient (Wildman–Crippen LogP) is 2.98. The normalized spacial score (nSPS) is 9.69. The summed E-state index contributed by atoms with van der Waals surface area (Å²) in [5, 5.41) is 0. The van der Waals surface area contributed by atoms with Crippen molar-refractivity contribution in [2.45, 2.75) is 20.3 Å². The second-order valence-electron chi connectivity index (χ2n) is 2.75. The van der Waals surface area contributed by atoms with Crippen LogP contribution in [0.25, 0.3) is 0 Å². The van der Waals surface area contributed by atoms with Crippen molar-refractivity contribution in [3.05, 3.63) is 42.0 Å². The van der Waals surface area contributed by atoms with Crippen LogP contribution in [0.5, 0.6) is 5.75 Å². The molecule has 0 saturated carbocycles. The van der Waals surface area contributed by atoms with E-state index in [1.54, 1.807) is 0 Å². The maximum absolute atomic E-state index is 5.50. The van der Waals surface area contributed by atoms with Gasteiger partial charge < -0.3 is 4.74 Å². The van der Waals surface area contributed by atoms with Gasteiger partial charge in [-0.3, -0.25) is 0 Å². The molecule has 1 rings (SSSR count). The Morgan fingerprint density at radius 1 is 1.38 bits per heavy atom. The van der Waals surface area contributed by atoms with E-state index in [1.807, 2.05) is 25.1 Å². The van der Waals surface area contributed by atoms with E-state index in [9.17, 15) is 0 Å². The molecule has 0 saturated heterocycles. The first kappa shape index (κ1) is 9.85. The van der Waals surface area contributed by atoms with Gasteiger partial charge in [-0.2, -0.15) is 0 Å². The molecule has 0 N–H and O–H groups in total. The Labute approximate surface area is 80.0 Å². The molecule has 0 aliphatic rings. The Balaban J connectivity index is 3.10. The van der Waals surface area contributed by atoms with Crippen LogP contribution in [0.15, 0.2) is 24.8 Å². The molecule has 0 amide bonds. The smallest absolute Gasteiger partial charge is 0.123 e. The first-order valence-corrected chi connectivity index (χ1v) is 4.61. The number of benzene rings is 1. The molecular formula is C12H15O. The number of rotatable bonds is 4. The van der Waals surface area contributed by atoms with Crippen LogP contribution in [0, 0.1) is 6.08 Å². The molecule has 0 unspecified atom stereocenters. The summed E-state index contributed by atoms with van der Waals surface area (Å²) >= 11 is 0. The molecular weight excluding hydrogens is 160 g/mol. The maximum atomic E-state index is 5.50. The molecule has 0 fully saturated rings. The summed E-state index contributed by atoms with van der Waals surface area (Å²) in [6.07, 6.45) is 3.87. The van der Waals surface area contributed by atoms with Gasteiger partial charge in [-0.1, -0.05) is 25.6 Å². The van der Waals surface area contributed by atoms with Crippen LogP contribution in [0.4, 0.5) is 0 Å². The molecule has 69 valence electrons. The van der Waals surface area contributed by atoms with Crippen LogP contribution in [0.2, 0.25) is 0 Å². The van der Waals surface area contributed by atoms with E-state index in [0.717, 1.165) is 17.7 Å². The Morgan fingerprint density at radius 2 is 2.15 bits per heavy atom. The minimum Gasteiger partial charge on any atom is -0.494 e. The van der Waals surface area contributed by atoms with Gasteiger partial charge in [0.2, 0.25) is 0 Å². The largest absolute Gasteiger partial charge is 0.494 e. The third-order valence-electron chi connectivity index (χ3n) is 1.98. The quantitative estimate of drug-likeness (QED) is 0.683. The van der Waals surface area contributed by atoms with Crippen molar-refractivity contribution in [2.24, 2.45) is 0 Å². The SMILES string of the molecule is C=[C]c1cccc(OCC)c1CC. The predicted molar refractivity (Wildman–Crippen MR) is 55.0 cm³/mol. The van der Waals surface area contributed by atoms with E-state index in [4.69, 9.17) is 4.74 Å². The molecule has 0 aliphatic heterocycles. The minimum atomic E-state index is 0.702. The molecule has 1 aromatic rings. The van der Waals surface area contributed by atoms with Gasteiger partial charge in [0.05, 0.1) is 6.61 Å². The third kappa shape index (κ3) is 2.11. The topological polar surface area (TPSA) is 9.23 Å².